The Morgan fingerprint density at radius 2 is 1.65 bits per heavy atom. The molecule has 0 aromatic carbocycles. The van der Waals surface area contributed by atoms with Crippen molar-refractivity contribution >= 4 is 11.5 Å². The molecule has 2 rings (SSSR count). The summed E-state index contributed by atoms with van der Waals surface area (Å²) in [7, 11) is 0. The predicted molar refractivity (Wildman–Crippen MR) is 101 cm³/mol. The van der Waals surface area contributed by atoms with Crippen molar-refractivity contribution in [2.45, 2.75) is 78.1 Å². The fraction of sp³-hybridized carbons (Fsp3) is 0.600. The maximum atomic E-state index is 4.62. The van der Waals surface area contributed by atoms with E-state index in [0.717, 1.165) is 6.42 Å². The number of nitrogens with zero attached hydrogens (tertiary/aromatic N) is 2. The molecular formula is C20H30N2S. The van der Waals surface area contributed by atoms with E-state index >= 15 is 0 Å². The third-order valence-corrected chi connectivity index (χ3v) is 5.74. The molecule has 2 aromatic heterocycles. The molecule has 0 aliphatic rings. The van der Waals surface area contributed by atoms with Crippen LogP contribution < -0.4 is 0 Å². The van der Waals surface area contributed by atoms with Crippen molar-refractivity contribution in [2.75, 3.05) is 0 Å². The van der Waals surface area contributed by atoms with Gasteiger partial charge in [-0.05, 0) is 53.4 Å². The third-order valence-electron chi connectivity index (χ3n) is 4.57. The van der Waals surface area contributed by atoms with E-state index in [-0.39, 0.29) is 5.41 Å². The largest absolute Gasteiger partial charge is 0.261 e. The zero-order chi connectivity index (χ0) is 17.2. The van der Waals surface area contributed by atoms with Crippen LogP contribution in [0.3, 0.4) is 0 Å². The van der Waals surface area contributed by atoms with Gasteiger partial charge in [0, 0.05) is 22.2 Å². The number of pyridine rings is 1. The molecule has 0 saturated heterocycles. The van der Waals surface area contributed by atoms with Crippen molar-refractivity contribution < 1.29 is 0 Å². The molecule has 2 heterocycles. The lowest BCUT2D eigenvalue weighted by molar-refractivity contribution is 0.445. The van der Waals surface area contributed by atoms with Gasteiger partial charge in [-0.1, -0.05) is 54.5 Å². The highest BCUT2D eigenvalue weighted by Crippen LogP contribution is 2.37. The molecule has 1 unspecified atom stereocenters. The van der Waals surface area contributed by atoms with Gasteiger partial charge in [0.05, 0.1) is 5.69 Å². The van der Waals surface area contributed by atoms with Crippen LogP contribution in [0.2, 0.25) is 0 Å². The highest BCUT2D eigenvalue weighted by atomic mass is 32.1. The molecule has 0 radical (unpaired) electrons. The summed E-state index contributed by atoms with van der Waals surface area (Å²) in [6, 6.07) is 6.71. The SMILES string of the molecule is CC(C)c1ccc(C(C)CC(C)(C)c2cc(C(C)C)ns2)cn1. The highest BCUT2D eigenvalue weighted by molar-refractivity contribution is 7.06. The molecule has 0 bridgehead atoms. The van der Waals surface area contributed by atoms with E-state index in [1.165, 1.54) is 21.8 Å². The third kappa shape index (κ3) is 4.41. The zero-order valence-electron chi connectivity index (χ0n) is 15.6. The molecule has 126 valence electrons. The van der Waals surface area contributed by atoms with Crippen molar-refractivity contribution in [3.8, 4) is 0 Å². The summed E-state index contributed by atoms with van der Waals surface area (Å²) in [5.41, 5.74) is 3.86. The van der Waals surface area contributed by atoms with Gasteiger partial charge in [-0.3, -0.25) is 4.98 Å². The van der Waals surface area contributed by atoms with Crippen LogP contribution in [0.1, 0.15) is 94.5 Å². The lowest BCUT2D eigenvalue weighted by atomic mass is 9.79. The van der Waals surface area contributed by atoms with E-state index < -0.39 is 0 Å². The van der Waals surface area contributed by atoms with Crippen LogP contribution in [-0.2, 0) is 5.41 Å². The summed E-state index contributed by atoms with van der Waals surface area (Å²) in [5, 5.41) is 0. The van der Waals surface area contributed by atoms with E-state index in [9.17, 15) is 0 Å². The van der Waals surface area contributed by atoms with Gasteiger partial charge in [0.2, 0.25) is 0 Å². The molecule has 0 aliphatic carbocycles. The number of rotatable bonds is 6. The van der Waals surface area contributed by atoms with Crippen LogP contribution >= 0.6 is 11.5 Å². The first-order valence-electron chi connectivity index (χ1n) is 8.63. The van der Waals surface area contributed by atoms with Gasteiger partial charge in [-0.25, -0.2) is 0 Å². The molecular weight excluding hydrogens is 300 g/mol. The van der Waals surface area contributed by atoms with Gasteiger partial charge in [0.25, 0.3) is 0 Å². The smallest absolute Gasteiger partial charge is 0.0570 e. The second kappa shape index (κ2) is 7.12. The van der Waals surface area contributed by atoms with E-state index in [1.54, 1.807) is 11.5 Å². The standard InChI is InChI=1S/C20H30N2S/c1-13(2)17-9-8-16(12-21-17)15(5)11-20(6,7)19-10-18(14(3)4)22-23-19/h8-10,12-15H,11H2,1-7H3. The normalized spacial score (nSPS) is 13.8. The molecule has 0 fully saturated rings. The summed E-state index contributed by atoms with van der Waals surface area (Å²) >= 11 is 1.66. The topological polar surface area (TPSA) is 25.8 Å². The monoisotopic (exact) mass is 330 g/mol. The molecule has 0 saturated carbocycles. The Bertz CT molecular complexity index is 623. The van der Waals surface area contributed by atoms with E-state index in [0.29, 0.717) is 17.8 Å². The van der Waals surface area contributed by atoms with Crippen LogP contribution in [0, 0.1) is 0 Å². The summed E-state index contributed by atoms with van der Waals surface area (Å²) in [6.07, 6.45) is 3.16. The quantitative estimate of drug-likeness (QED) is 0.625. The maximum absolute atomic E-state index is 4.62. The van der Waals surface area contributed by atoms with E-state index in [2.05, 4.69) is 82.2 Å². The average Bonchev–Trinajstić information content (AvgIpc) is 2.97. The first-order chi connectivity index (χ1) is 10.7. The van der Waals surface area contributed by atoms with Crippen molar-refractivity contribution in [1.29, 1.82) is 0 Å². The van der Waals surface area contributed by atoms with Crippen molar-refractivity contribution in [1.82, 2.24) is 9.36 Å². The van der Waals surface area contributed by atoms with E-state index in [4.69, 9.17) is 0 Å². The molecule has 0 aliphatic heterocycles. The number of hydrogen-bond acceptors (Lipinski definition) is 3. The van der Waals surface area contributed by atoms with Crippen LogP contribution in [0.4, 0.5) is 0 Å². The molecule has 0 amide bonds. The fourth-order valence-corrected chi connectivity index (χ4v) is 3.88. The lowest BCUT2D eigenvalue weighted by Gasteiger charge is -2.27. The molecule has 23 heavy (non-hydrogen) atoms. The maximum Gasteiger partial charge on any atom is 0.0570 e. The van der Waals surface area contributed by atoms with Gasteiger partial charge >= 0.3 is 0 Å². The lowest BCUT2D eigenvalue weighted by Crippen LogP contribution is -2.18. The molecule has 3 heteroatoms. The minimum atomic E-state index is 0.140. The Kier molecular flexibility index (Phi) is 5.61. The number of hydrogen-bond donors (Lipinski definition) is 0. The minimum absolute atomic E-state index is 0.140. The van der Waals surface area contributed by atoms with Gasteiger partial charge in [0.15, 0.2) is 0 Å². The van der Waals surface area contributed by atoms with E-state index in [1.807, 2.05) is 0 Å². The first kappa shape index (κ1) is 18.1. The zero-order valence-corrected chi connectivity index (χ0v) is 16.4. The highest BCUT2D eigenvalue weighted by Gasteiger charge is 2.27. The average molecular weight is 331 g/mol. The molecule has 0 N–H and O–H groups in total. The van der Waals surface area contributed by atoms with Crippen molar-refractivity contribution in [3.05, 3.63) is 46.2 Å². The fourth-order valence-electron chi connectivity index (χ4n) is 2.91. The minimum Gasteiger partial charge on any atom is -0.261 e. The Balaban J connectivity index is 2.11. The Morgan fingerprint density at radius 1 is 1.00 bits per heavy atom. The van der Waals surface area contributed by atoms with Crippen LogP contribution in [0.15, 0.2) is 24.4 Å². The Hall–Kier alpha value is -1.22. The number of aromatic nitrogens is 2. The second-order valence-corrected chi connectivity index (χ2v) is 8.74. The van der Waals surface area contributed by atoms with Crippen molar-refractivity contribution in [3.63, 3.8) is 0 Å². The Labute approximate surface area is 145 Å². The summed E-state index contributed by atoms with van der Waals surface area (Å²) < 4.78 is 4.62. The van der Waals surface area contributed by atoms with Gasteiger partial charge in [-0.2, -0.15) is 4.37 Å². The van der Waals surface area contributed by atoms with Crippen LogP contribution in [0.25, 0.3) is 0 Å². The van der Waals surface area contributed by atoms with Gasteiger partial charge in [-0.15, -0.1) is 0 Å². The molecule has 1 atom stereocenters. The van der Waals surface area contributed by atoms with Crippen LogP contribution in [0.5, 0.6) is 0 Å². The molecule has 2 nitrogen and oxygen atoms in total. The van der Waals surface area contributed by atoms with Crippen LogP contribution in [-0.4, -0.2) is 9.36 Å². The molecule has 2 aromatic rings. The molecule has 0 spiro atoms. The van der Waals surface area contributed by atoms with Gasteiger partial charge in [0.1, 0.15) is 0 Å². The van der Waals surface area contributed by atoms with Crippen molar-refractivity contribution in [2.24, 2.45) is 0 Å². The van der Waals surface area contributed by atoms with Gasteiger partial charge < -0.3 is 0 Å². The first-order valence-corrected chi connectivity index (χ1v) is 9.41. The Morgan fingerprint density at radius 3 is 2.13 bits per heavy atom. The summed E-state index contributed by atoms with van der Waals surface area (Å²) in [4.78, 5) is 6.01. The second-order valence-electron chi connectivity index (χ2n) is 7.93. The summed E-state index contributed by atoms with van der Waals surface area (Å²) in [5.74, 6) is 1.48. The summed E-state index contributed by atoms with van der Waals surface area (Å²) in [6.45, 7) is 15.7. The predicted octanol–water partition coefficient (Wildman–Crippen LogP) is 6.26.